The molecule has 188 valence electrons. The zero-order chi connectivity index (χ0) is 24.9. The molecule has 5 aliphatic rings. The number of fused-ring (bicyclic) bond motifs is 6. The normalized spacial score (nSPS) is 51.8. The van der Waals surface area contributed by atoms with Gasteiger partial charge in [0.05, 0.1) is 12.7 Å². The van der Waals surface area contributed by atoms with Crippen molar-refractivity contribution in [3.63, 3.8) is 0 Å². The predicted molar refractivity (Wildman–Crippen MR) is 121 cm³/mol. The van der Waals surface area contributed by atoms with Gasteiger partial charge in [-0.15, -0.1) is 0 Å². The van der Waals surface area contributed by atoms with Crippen molar-refractivity contribution in [1.29, 1.82) is 0 Å². The molecule has 7 nitrogen and oxygen atoms in total. The summed E-state index contributed by atoms with van der Waals surface area (Å²) in [5, 5.41) is 33.9. The number of carbonyl (C=O) groups excluding carboxylic acids is 2. The number of ether oxygens (including phenoxy) is 1. The van der Waals surface area contributed by atoms with E-state index in [1.54, 1.807) is 13.0 Å². The van der Waals surface area contributed by atoms with E-state index in [2.05, 4.69) is 0 Å². The van der Waals surface area contributed by atoms with Gasteiger partial charge in [0.1, 0.15) is 0 Å². The average molecular weight is 478 g/mol. The van der Waals surface area contributed by atoms with Gasteiger partial charge in [0.2, 0.25) is 5.72 Å². The molecule has 1 heterocycles. The van der Waals surface area contributed by atoms with Crippen LogP contribution in [0.25, 0.3) is 0 Å². The Morgan fingerprint density at radius 3 is 2.62 bits per heavy atom. The van der Waals surface area contributed by atoms with Crippen molar-refractivity contribution >= 4 is 11.9 Å². The molecule has 1 unspecified atom stereocenters. The first-order chi connectivity index (χ1) is 15.9. The fourth-order valence-electron chi connectivity index (χ4n) is 8.93. The summed E-state index contributed by atoms with van der Waals surface area (Å²) in [4.78, 5) is 26.2. The Hall–Kier alpha value is -1.77. The lowest BCUT2D eigenvalue weighted by atomic mass is 9.44. The minimum Gasteiger partial charge on any atom is -0.437 e. The summed E-state index contributed by atoms with van der Waals surface area (Å²) < 4.78 is 23.4. The number of ketones is 1. The molecule has 3 saturated carbocycles. The van der Waals surface area contributed by atoms with E-state index in [0.717, 1.165) is 0 Å². The van der Waals surface area contributed by atoms with Gasteiger partial charge in [-0.2, -0.15) is 0 Å². The number of alkyl halides is 1. The first-order valence-corrected chi connectivity index (χ1v) is 12.5. The first kappa shape index (κ1) is 23.9. The molecule has 0 aromatic heterocycles. The van der Waals surface area contributed by atoms with E-state index in [4.69, 9.17) is 4.74 Å². The van der Waals surface area contributed by atoms with Crippen LogP contribution >= 0.6 is 0 Å². The van der Waals surface area contributed by atoms with Crippen LogP contribution in [-0.4, -0.2) is 68.3 Å². The van der Waals surface area contributed by atoms with Gasteiger partial charge in [-0.1, -0.05) is 32.4 Å². The molecule has 1 saturated heterocycles. The largest absolute Gasteiger partial charge is 0.437 e. The molecular formula is C26H36FNO6. The quantitative estimate of drug-likeness (QED) is 0.577. The summed E-state index contributed by atoms with van der Waals surface area (Å²) in [6.07, 6.45) is 4.42. The molecule has 5 rings (SSSR count). The van der Waals surface area contributed by atoms with Gasteiger partial charge in [0.15, 0.2) is 17.1 Å². The van der Waals surface area contributed by atoms with Gasteiger partial charge in [-0.3, -0.25) is 9.69 Å². The second-order valence-electron chi connectivity index (χ2n) is 11.6. The summed E-state index contributed by atoms with van der Waals surface area (Å²) in [6, 6.07) is 0. The summed E-state index contributed by atoms with van der Waals surface area (Å²) in [5.41, 5.74) is -6.84. The van der Waals surface area contributed by atoms with Gasteiger partial charge in [0, 0.05) is 29.2 Å². The zero-order valence-corrected chi connectivity index (χ0v) is 20.4. The van der Waals surface area contributed by atoms with Crippen molar-refractivity contribution in [3.8, 4) is 0 Å². The van der Waals surface area contributed by atoms with Crippen molar-refractivity contribution in [2.45, 2.75) is 82.9 Å². The highest BCUT2D eigenvalue weighted by atomic mass is 19.1. The maximum absolute atomic E-state index is 17.3. The maximum atomic E-state index is 17.3. The van der Waals surface area contributed by atoms with Crippen LogP contribution in [0.2, 0.25) is 0 Å². The Balaban J connectivity index is 1.64. The zero-order valence-electron chi connectivity index (χ0n) is 20.4. The Morgan fingerprint density at radius 2 is 1.97 bits per heavy atom. The molecule has 1 amide bonds. The van der Waals surface area contributed by atoms with E-state index in [0.29, 0.717) is 31.3 Å². The van der Waals surface area contributed by atoms with Crippen LogP contribution in [0.1, 0.15) is 59.8 Å². The third-order valence-corrected chi connectivity index (χ3v) is 10.4. The lowest BCUT2D eigenvalue weighted by Crippen LogP contribution is -2.73. The van der Waals surface area contributed by atoms with E-state index in [1.807, 2.05) is 20.8 Å². The lowest BCUT2D eigenvalue weighted by Gasteiger charge is -2.63. The summed E-state index contributed by atoms with van der Waals surface area (Å²) in [5.74, 6) is -1.40. The lowest BCUT2D eigenvalue weighted by molar-refractivity contribution is -0.268. The molecule has 1 spiro atoms. The molecule has 34 heavy (non-hydrogen) atoms. The minimum atomic E-state index is -2.01. The number of hydrogen-bond acceptors (Lipinski definition) is 6. The minimum absolute atomic E-state index is 0.0325. The number of halogens is 1. The summed E-state index contributed by atoms with van der Waals surface area (Å²) in [7, 11) is 0. The van der Waals surface area contributed by atoms with Gasteiger partial charge < -0.3 is 20.1 Å². The average Bonchev–Trinajstić information content (AvgIpc) is 3.14. The van der Waals surface area contributed by atoms with Gasteiger partial charge in [-0.25, -0.2) is 9.18 Å². The smallest absolute Gasteiger partial charge is 0.413 e. The Kier molecular flexibility index (Phi) is 5.03. The molecule has 3 N–H and O–H groups in total. The summed E-state index contributed by atoms with van der Waals surface area (Å²) in [6.45, 7) is 6.90. The molecule has 0 aromatic carbocycles. The van der Waals surface area contributed by atoms with Gasteiger partial charge >= 0.3 is 6.09 Å². The standard InChI is InChI=1S/C26H36FNO6/c1-5-10-28-21(32)34-26(24(28,33)14-29)15(2)11-19-18-7-6-16-12-17(30)8-9-22(16,3)25(18,27)20(31)13-23(19,26)4/h8-9,12,15,18-20,29,31,33H,5-7,10-11,13-14H2,1-4H3/t15-,18-,19-,20-,22-,23-,24?,25-,26+/m0/s1. The van der Waals surface area contributed by atoms with E-state index >= 15 is 4.39 Å². The van der Waals surface area contributed by atoms with Crippen LogP contribution in [0.4, 0.5) is 9.18 Å². The number of carbonyl (C=O) groups is 2. The SMILES string of the molecule is CCCN1C(=O)O[C@@]2([C@@H](C)C[C@H]3[C@@H]4CCC5=CC(=O)C=C[C@]5(C)[C@@]4(F)[C@@H](O)C[C@@]32C)C1(O)CO. The van der Waals surface area contributed by atoms with Gasteiger partial charge in [-0.05, 0) is 57.1 Å². The van der Waals surface area contributed by atoms with E-state index in [1.165, 1.54) is 17.1 Å². The van der Waals surface area contributed by atoms with Crippen LogP contribution in [0, 0.1) is 28.6 Å². The number of aliphatic hydroxyl groups is 3. The molecule has 8 heteroatoms. The fourth-order valence-corrected chi connectivity index (χ4v) is 8.93. The third-order valence-electron chi connectivity index (χ3n) is 10.4. The number of aliphatic hydroxyl groups excluding tert-OH is 2. The number of hydrogen-bond donors (Lipinski definition) is 3. The molecular weight excluding hydrogens is 441 g/mol. The van der Waals surface area contributed by atoms with Crippen LogP contribution in [0.3, 0.4) is 0 Å². The molecule has 0 aromatic rings. The molecule has 9 atom stereocenters. The monoisotopic (exact) mass is 477 g/mol. The van der Waals surface area contributed by atoms with Crippen molar-refractivity contribution < 1.29 is 34.0 Å². The Bertz CT molecular complexity index is 998. The van der Waals surface area contributed by atoms with Crippen LogP contribution in [-0.2, 0) is 9.53 Å². The molecule has 4 aliphatic carbocycles. The van der Waals surface area contributed by atoms with Crippen molar-refractivity contribution in [2.75, 3.05) is 13.2 Å². The Morgan fingerprint density at radius 1 is 1.26 bits per heavy atom. The van der Waals surface area contributed by atoms with E-state index in [9.17, 15) is 24.9 Å². The maximum Gasteiger partial charge on any atom is 0.413 e. The van der Waals surface area contributed by atoms with Crippen molar-refractivity contribution in [1.82, 2.24) is 4.90 Å². The molecule has 0 bridgehead atoms. The van der Waals surface area contributed by atoms with Crippen molar-refractivity contribution in [2.24, 2.45) is 28.6 Å². The molecule has 4 fully saturated rings. The van der Waals surface area contributed by atoms with E-state index < -0.39 is 52.5 Å². The second-order valence-corrected chi connectivity index (χ2v) is 11.6. The topological polar surface area (TPSA) is 107 Å². The number of amides is 1. The highest BCUT2D eigenvalue weighted by Gasteiger charge is 2.82. The highest BCUT2D eigenvalue weighted by Crippen LogP contribution is 2.73. The van der Waals surface area contributed by atoms with E-state index in [-0.39, 0.29) is 30.6 Å². The number of allylic oxidation sites excluding steroid dienone is 4. The van der Waals surface area contributed by atoms with Crippen molar-refractivity contribution in [3.05, 3.63) is 23.8 Å². The number of rotatable bonds is 3. The second kappa shape index (κ2) is 7.14. The predicted octanol–water partition coefficient (Wildman–Crippen LogP) is 2.89. The molecule has 0 radical (unpaired) electrons. The fraction of sp³-hybridized carbons (Fsp3) is 0.769. The van der Waals surface area contributed by atoms with Crippen LogP contribution in [0.5, 0.6) is 0 Å². The van der Waals surface area contributed by atoms with Crippen LogP contribution in [0.15, 0.2) is 23.8 Å². The first-order valence-electron chi connectivity index (χ1n) is 12.5. The third kappa shape index (κ3) is 2.38. The highest BCUT2D eigenvalue weighted by molar-refractivity contribution is 6.01. The summed E-state index contributed by atoms with van der Waals surface area (Å²) >= 11 is 0. The Labute approximate surface area is 199 Å². The van der Waals surface area contributed by atoms with Gasteiger partial charge in [0.25, 0.3) is 0 Å². The number of nitrogens with zero attached hydrogens (tertiary/aromatic N) is 1. The van der Waals surface area contributed by atoms with Crippen LogP contribution < -0.4 is 0 Å². The molecule has 1 aliphatic heterocycles.